The summed E-state index contributed by atoms with van der Waals surface area (Å²) >= 11 is 5.99. The van der Waals surface area contributed by atoms with Crippen LogP contribution in [0.4, 0.5) is 0 Å². The Morgan fingerprint density at radius 3 is 1.84 bits per heavy atom. The SMILES string of the molecule is CC(C)C(=O)c1cc2nc(-c3ccc(Cl)cc3)cc(C(C)(C)C)c2o1.CCC(=O)C(C)(C)C.CCCC. The summed E-state index contributed by atoms with van der Waals surface area (Å²) in [4.78, 5) is 27.9. The monoisotopic (exact) mass is 527 g/mol. The maximum absolute atomic E-state index is 12.3. The summed E-state index contributed by atoms with van der Waals surface area (Å²) in [5.41, 5.74) is 3.99. The van der Waals surface area contributed by atoms with Crippen molar-refractivity contribution < 1.29 is 14.0 Å². The van der Waals surface area contributed by atoms with E-state index in [4.69, 9.17) is 21.0 Å². The topological polar surface area (TPSA) is 60.2 Å². The van der Waals surface area contributed by atoms with Crippen molar-refractivity contribution in [2.75, 3.05) is 0 Å². The minimum atomic E-state index is -0.141. The number of furan rings is 1. The van der Waals surface area contributed by atoms with Gasteiger partial charge < -0.3 is 4.42 Å². The van der Waals surface area contributed by atoms with Crippen LogP contribution in [0.25, 0.3) is 22.4 Å². The third-order valence-electron chi connectivity index (χ3n) is 5.85. The second-order valence-electron chi connectivity index (χ2n) is 11.7. The Labute approximate surface area is 229 Å². The van der Waals surface area contributed by atoms with Gasteiger partial charge in [-0.2, -0.15) is 0 Å². The fourth-order valence-corrected chi connectivity index (χ4v) is 3.41. The van der Waals surface area contributed by atoms with E-state index < -0.39 is 0 Å². The molecule has 2 aromatic heterocycles. The van der Waals surface area contributed by atoms with E-state index in [-0.39, 0.29) is 22.5 Å². The highest BCUT2D eigenvalue weighted by Gasteiger charge is 2.24. The molecule has 0 bridgehead atoms. The van der Waals surface area contributed by atoms with Crippen LogP contribution >= 0.6 is 11.6 Å². The van der Waals surface area contributed by atoms with Gasteiger partial charge in [0.15, 0.2) is 11.3 Å². The van der Waals surface area contributed by atoms with Gasteiger partial charge in [-0.3, -0.25) is 9.59 Å². The summed E-state index contributed by atoms with van der Waals surface area (Å²) in [5, 5.41) is 0.689. The molecule has 0 atom stereocenters. The zero-order chi connectivity index (χ0) is 28.6. The first-order chi connectivity index (χ1) is 17.1. The number of halogens is 1. The molecule has 0 amide bonds. The number of unbranched alkanes of at least 4 members (excludes halogenated alkanes) is 1. The van der Waals surface area contributed by atoms with Gasteiger partial charge in [-0.05, 0) is 23.6 Å². The first kappa shape index (κ1) is 32.6. The Hall–Kier alpha value is -2.46. The van der Waals surface area contributed by atoms with Crippen LogP contribution in [0, 0.1) is 11.3 Å². The van der Waals surface area contributed by atoms with Crippen LogP contribution in [0.2, 0.25) is 5.02 Å². The molecule has 0 spiro atoms. The van der Waals surface area contributed by atoms with Crippen LogP contribution in [0.3, 0.4) is 0 Å². The number of nitrogens with zero attached hydrogens (tertiary/aromatic N) is 1. The molecule has 1 aromatic carbocycles. The number of Topliss-reactive ketones (excluding diaryl/α,β-unsaturated/α-hetero) is 2. The lowest BCUT2D eigenvalue weighted by Gasteiger charge is -2.20. The second kappa shape index (κ2) is 13.9. The number of rotatable bonds is 5. The minimum Gasteiger partial charge on any atom is -0.451 e. The van der Waals surface area contributed by atoms with Crippen LogP contribution in [0.5, 0.6) is 0 Å². The number of fused-ring (bicyclic) bond motifs is 1. The van der Waals surface area contributed by atoms with E-state index in [0.717, 1.165) is 16.8 Å². The van der Waals surface area contributed by atoms with Gasteiger partial charge in [0, 0.05) is 40.0 Å². The number of aromatic nitrogens is 1. The van der Waals surface area contributed by atoms with Crippen molar-refractivity contribution in [2.24, 2.45) is 11.3 Å². The Kier molecular flexibility index (Phi) is 12.2. The Morgan fingerprint density at radius 2 is 1.46 bits per heavy atom. The average molecular weight is 528 g/mol. The lowest BCUT2D eigenvalue weighted by Crippen LogP contribution is -2.18. The fraction of sp³-hybridized carbons (Fsp3) is 0.531. The first-order valence-electron chi connectivity index (χ1n) is 13.3. The van der Waals surface area contributed by atoms with Gasteiger partial charge in [-0.15, -0.1) is 0 Å². The Morgan fingerprint density at radius 1 is 0.919 bits per heavy atom. The number of benzene rings is 1. The van der Waals surface area contributed by atoms with E-state index in [0.29, 0.717) is 34.1 Å². The lowest BCUT2D eigenvalue weighted by molar-refractivity contribution is -0.125. The van der Waals surface area contributed by atoms with Crippen molar-refractivity contribution in [3.8, 4) is 11.3 Å². The molecule has 0 unspecified atom stereocenters. The molecule has 0 aliphatic carbocycles. The molecule has 5 heteroatoms. The van der Waals surface area contributed by atoms with E-state index in [1.807, 2.05) is 71.9 Å². The molecule has 4 nitrogen and oxygen atoms in total. The van der Waals surface area contributed by atoms with Crippen LogP contribution in [-0.4, -0.2) is 16.6 Å². The highest BCUT2D eigenvalue weighted by atomic mass is 35.5. The Balaban J connectivity index is 0.000000478. The van der Waals surface area contributed by atoms with Gasteiger partial charge in [0.25, 0.3) is 0 Å². The number of ketones is 2. The van der Waals surface area contributed by atoms with Crippen molar-refractivity contribution in [3.63, 3.8) is 0 Å². The number of carbonyl (C=O) groups is 2. The van der Waals surface area contributed by atoms with Crippen LogP contribution in [-0.2, 0) is 10.2 Å². The second-order valence-corrected chi connectivity index (χ2v) is 12.1. The summed E-state index contributed by atoms with van der Waals surface area (Å²) in [6.07, 6.45) is 3.30. The van der Waals surface area contributed by atoms with E-state index >= 15 is 0 Å². The van der Waals surface area contributed by atoms with Gasteiger partial charge in [-0.25, -0.2) is 4.98 Å². The van der Waals surface area contributed by atoms with Crippen LogP contribution in [0.15, 0.2) is 40.8 Å². The van der Waals surface area contributed by atoms with E-state index in [1.165, 1.54) is 12.8 Å². The number of carbonyl (C=O) groups excluding carboxylic acids is 2. The van der Waals surface area contributed by atoms with E-state index in [1.54, 1.807) is 6.07 Å². The van der Waals surface area contributed by atoms with Gasteiger partial charge in [0.2, 0.25) is 5.78 Å². The summed E-state index contributed by atoms with van der Waals surface area (Å²) in [7, 11) is 0. The summed E-state index contributed by atoms with van der Waals surface area (Å²) < 4.78 is 5.93. The maximum atomic E-state index is 12.3. The number of hydrogen-bond acceptors (Lipinski definition) is 4. The van der Waals surface area contributed by atoms with Gasteiger partial charge in [0.05, 0.1) is 5.69 Å². The predicted molar refractivity (Wildman–Crippen MR) is 158 cm³/mol. The third kappa shape index (κ3) is 9.74. The summed E-state index contributed by atoms with van der Waals surface area (Å²) in [6.45, 7) is 22.2. The molecule has 3 rings (SSSR count). The number of hydrogen-bond donors (Lipinski definition) is 0. The van der Waals surface area contributed by atoms with E-state index in [9.17, 15) is 9.59 Å². The van der Waals surface area contributed by atoms with Crippen molar-refractivity contribution in [2.45, 2.75) is 101 Å². The molecule has 0 aliphatic rings. The van der Waals surface area contributed by atoms with Crippen molar-refractivity contribution in [1.29, 1.82) is 0 Å². The zero-order valence-electron chi connectivity index (χ0n) is 24.7. The minimum absolute atomic E-state index is 0.00842. The standard InChI is InChI=1S/C21H22ClNO2.C7H14O.C4H10/c1-12(2)19(24)18-11-17-20(25-18)15(21(3,4)5)10-16(23-17)13-6-8-14(22)9-7-13;1-5-6(8)7(2,3)4;1-3-4-2/h6-12H,1-5H3;5H2,1-4H3;3-4H2,1-2H3. The first-order valence-corrected chi connectivity index (χ1v) is 13.7. The molecule has 3 aromatic rings. The molecule has 0 saturated carbocycles. The van der Waals surface area contributed by atoms with Crippen molar-refractivity contribution in [3.05, 3.63) is 52.7 Å². The summed E-state index contributed by atoms with van der Waals surface area (Å²) in [5.74, 6) is 0.578. The quantitative estimate of drug-likeness (QED) is 0.309. The molecule has 0 N–H and O–H groups in total. The van der Waals surface area contributed by atoms with E-state index in [2.05, 4.69) is 34.6 Å². The largest absolute Gasteiger partial charge is 0.451 e. The van der Waals surface area contributed by atoms with Gasteiger partial charge in [0.1, 0.15) is 11.3 Å². The highest BCUT2D eigenvalue weighted by molar-refractivity contribution is 6.30. The Bertz CT molecular complexity index is 1160. The van der Waals surface area contributed by atoms with Crippen molar-refractivity contribution in [1.82, 2.24) is 4.98 Å². The molecule has 0 fully saturated rings. The van der Waals surface area contributed by atoms with Crippen LogP contribution in [0.1, 0.15) is 112 Å². The van der Waals surface area contributed by atoms with Crippen LogP contribution < -0.4 is 0 Å². The molecule has 37 heavy (non-hydrogen) atoms. The van der Waals surface area contributed by atoms with Gasteiger partial charge >= 0.3 is 0 Å². The maximum Gasteiger partial charge on any atom is 0.200 e. The fourth-order valence-electron chi connectivity index (χ4n) is 3.28. The molecular weight excluding hydrogens is 482 g/mol. The third-order valence-corrected chi connectivity index (χ3v) is 6.10. The highest BCUT2D eigenvalue weighted by Crippen LogP contribution is 2.35. The molecule has 2 heterocycles. The smallest absolute Gasteiger partial charge is 0.200 e. The molecular formula is C32H46ClNO3. The lowest BCUT2D eigenvalue weighted by atomic mass is 9.86. The van der Waals surface area contributed by atoms with Gasteiger partial charge in [-0.1, -0.05) is 113 Å². The normalized spacial score (nSPS) is 11.5. The molecule has 204 valence electrons. The molecule has 0 radical (unpaired) electrons. The zero-order valence-corrected chi connectivity index (χ0v) is 25.5. The summed E-state index contributed by atoms with van der Waals surface area (Å²) in [6, 6.07) is 11.4. The number of pyridine rings is 1. The predicted octanol–water partition coefficient (Wildman–Crippen LogP) is 10.1. The molecule has 0 aliphatic heterocycles. The average Bonchev–Trinajstić information content (AvgIpc) is 3.26. The molecule has 0 saturated heterocycles. The van der Waals surface area contributed by atoms with Crippen molar-refractivity contribution >= 4 is 34.3 Å².